The Bertz CT molecular complexity index is 862. The van der Waals surface area contributed by atoms with E-state index in [1.54, 1.807) is 6.33 Å². The molecule has 0 radical (unpaired) electrons. The predicted octanol–water partition coefficient (Wildman–Crippen LogP) is 1.11. The highest BCUT2D eigenvalue weighted by Gasteiger charge is 2.33. The van der Waals surface area contributed by atoms with Crippen molar-refractivity contribution < 1.29 is 8.42 Å². The molecule has 0 amide bonds. The molecule has 1 fully saturated rings. The summed E-state index contributed by atoms with van der Waals surface area (Å²) in [5, 5.41) is 6.05. The molecule has 3 rings (SSSR count). The van der Waals surface area contributed by atoms with Crippen LogP contribution in [0.15, 0.2) is 18.5 Å². The van der Waals surface area contributed by atoms with Crippen molar-refractivity contribution in [3.63, 3.8) is 0 Å². The predicted molar refractivity (Wildman–Crippen MR) is 95.0 cm³/mol. The van der Waals surface area contributed by atoms with Crippen LogP contribution >= 0.6 is 0 Å². The van der Waals surface area contributed by atoms with E-state index in [1.807, 2.05) is 6.92 Å². The van der Waals surface area contributed by atoms with Gasteiger partial charge in [-0.15, -0.1) is 0 Å². The average molecular weight is 349 g/mol. The van der Waals surface area contributed by atoms with E-state index in [0.717, 1.165) is 29.8 Å². The zero-order chi connectivity index (χ0) is 17.5. The van der Waals surface area contributed by atoms with Crippen molar-refractivity contribution in [1.29, 1.82) is 0 Å². The first-order chi connectivity index (χ1) is 11.2. The van der Waals surface area contributed by atoms with Gasteiger partial charge in [0, 0.05) is 25.0 Å². The summed E-state index contributed by atoms with van der Waals surface area (Å²) in [7, 11) is -3.62. The van der Waals surface area contributed by atoms with Crippen LogP contribution in [0.4, 0.5) is 5.82 Å². The highest BCUT2D eigenvalue weighted by atomic mass is 32.2. The number of rotatable bonds is 5. The summed E-state index contributed by atoms with van der Waals surface area (Å²) in [5.41, 5.74) is 3.40. The van der Waals surface area contributed by atoms with Crippen molar-refractivity contribution >= 4 is 26.9 Å². The molecule has 2 aromatic rings. The summed E-state index contributed by atoms with van der Waals surface area (Å²) in [6.45, 7) is 8.27. The first kappa shape index (κ1) is 17.1. The highest BCUT2D eigenvalue weighted by Crippen LogP contribution is 2.32. The van der Waals surface area contributed by atoms with Crippen molar-refractivity contribution in [3.8, 4) is 0 Å². The van der Waals surface area contributed by atoms with Crippen molar-refractivity contribution in [2.24, 2.45) is 17.0 Å². The number of benzene rings is 1. The second kappa shape index (κ2) is 6.27. The molecule has 0 saturated carbocycles. The Kier molecular flexibility index (Phi) is 4.46. The molecule has 1 aromatic heterocycles. The molecule has 1 aliphatic heterocycles. The third-order valence-corrected chi connectivity index (χ3v) is 5.42. The molecule has 0 bridgehead atoms. The summed E-state index contributed by atoms with van der Waals surface area (Å²) < 4.78 is 24.4. The minimum atomic E-state index is -3.62. The third kappa shape index (κ3) is 3.50. The zero-order valence-corrected chi connectivity index (χ0v) is 15.0. The monoisotopic (exact) mass is 349 g/mol. The van der Waals surface area contributed by atoms with Crippen molar-refractivity contribution in [2.75, 3.05) is 24.5 Å². The standard InChI is InChI=1S/C16H23N5O2S/c1-10-4-14-15(5-11(10)2)18-9-19-16(14)21-7-13(8-21)12(3)6-20-24(17,22)23/h4-5,9,12-13,20H,6-8H2,1-3H3,(H2,17,22,23). The number of hydrogen-bond acceptors (Lipinski definition) is 5. The van der Waals surface area contributed by atoms with Crippen LogP contribution in [-0.4, -0.2) is 38.0 Å². The van der Waals surface area contributed by atoms with Crippen LogP contribution in [0, 0.1) is 25.7 Å². The van der Waals surface area contributed by atoms with E-state index in [0.29, 0.717) is 12.5 Å². The van der Waals surface area contributed by atoms with Gasteiger partial charge in [0.1, 0.15) is 12.1 Å². The number of fused-ring (bicyclic) bond motifs is 1. The van der Waals surface area contributed by atoms with Crippen LogP contribution in [0.5, 0.6) is 0 Å². The average Bonchev–Trinajstić information content (AvgIpc) is 2.44. The third-order valence-electron chi connectivity index (χ3n) is 4.85. The van der Waals surface area contributed by atoms with Crippen molar-refractivity contribution in [1.82, 2.24) is 14.7 Å². The molecule has 2 heterocycles. The Morgan fingerprint density at radius 1 is 1.29 bits per heavy atom. The normalized spacial score (nSPS) is 17.1. The van der Waals surface area contributed by atoms with Crippen molar-refractivity contribution in [3.05, 3.63) is 29.6 Å². The van der Waals surface area contributed by atoms with Crippen molar-refractivity contribution in [2.45, 2.75) is 20.8 Å². The van der Waals surface area contributed by atoms with Crippen LogP contribution in [-0.2, 0) is 10.2 Å². The van der Waals surface area contributed by atoms with Gasteiger partial charge in [0.2, 0.25) is 0 Å². The lowest BCUT2D eigenvalue weighted by Gasteiger charge is -2.43. The van der Waals surface area contributed by atoms with Gasteiger partial charge in [-0.1, -0.05) is 6.92 Å². The van der Waals surface area contributed by atoms with Gasteiger partial charge in [-0.2, -0.15) is 8.42 Å². The van der Waals surface area contributed by atoms with Gasteiger partial charge in [-0.25, -0.2) is 19.8 Å². The van der Waals surface area contributed by atoms with E-state index in [2.05, 4.69) is 45.6 Å². The summed E-state index contributed by atoms with van der Waals surface area (Å²) in [4.78, 5) is 11.0. The van der Waals surface area contributed by atoms with Gasteiger partial charge in [-0.05, 0) is 48.9 Å². The quantitative estimate of drug-likeness (QED) is 0.842. The number of anilines is 1. The summed E-state index contributed by atoms with van der Waals surface area (Å²) in [6, 6.07) is 4.23. The molecular formula is C16H23N5O2S. The van der Waals surface area contributed by atoms with E-state index in [-0.39, 0.29) is 5.92 Å². The van der Waals surface area contributed by atoms with Gasteiger partial charge in [0.25, 0.3) is 10.2 Å². The van der Waals surface area contributed by atoms with E-state index in [1.165, 1.54) is 11.1 Å². The number of hydrogen-bond donors (Lipinski definition) is 2. The SMILES string of the molecule is Cc1cc2ncnc(N3CC(C(C)CNS(N)(=O)=O)C3)c2cc1C. The largest absolute Gasteiger partial charge is 0.355 e. The molecular weight excluding hydrogens is 326 g/mol. The van der Waals surface area contributed by atoms with Gasteiger partial charge in [-0.3, -0.25) is 0 Å². The Balaban J connectivity index is 1.72. The maximum Gasteiger partial charge on any atom is 0.274 e. The summed E-state index contributed by atoms with van der Waals surface area (Å²) in [6.07, 6.45) is 1.60. The number of nitrogens with one attached hydrogen (secondary N) is 1. The lowest BCUT2D eigenvalue weighted by Crippen LogP contribution is -2.52. The van der Waals surface area contributed by atoms with Crippen LogP contribution in [0.25, 0.3) is 10.9 Å². The molecule has 1 aliphatic rings. The van der Waals surface area contributed by atoms with Gasteiger partial charge < -0.3 is 4.90 Å². The minimum Gasteiger partial charge on any atom is -0.355 e. The van der Waals surface area contributed by atoms with Crippen LogP contribution in [0.1, 0.15) is 18.1 Å². The lowest BCUT2D eigenvalue weighted by molar-refractivity contribution is 0.290. The molecule has 0 aliphatic carbocycles. The van der Waals surface area contributed by atoms with Gasteiger partial charge in [0.05, 0.1) is 5.52 Å². The molecule has 0 spiro atoms. The second-order valence-corrected chi connectivity index (χ2v) is 8.07. The topological polar surface area (TPSA) is 101 Å². The molecule has 1 aromatic carbocycles. The summed E-state index contributed by atoms with van der Waals surface area (Å²) >= 11 is 0. The number of nitrogens with two attached hydrogens (primary N) is 1. The summed E-state index contributed by atoms with van der Waals surface area (Å²) in [5.74, 6) is 1.58. The van der Waals surface area contributed by atoms with E-state index < -0.39 is 10.2 Å². The molecule has 130 valence electrons. The molecule has 8 heteroatoms. The Morgan fingerprint density at radius 3 is 2.62 bits per heavy atom. The first-order valence-electron chi connectivity index (χ1n) is 7.99. The Labute approximate surface area is 142 Å². The highest BCUT2D eigenvalue weighted by molar-refractivity contribution is 7.87. The van der Waals surface area contributed by atoms with Crippen LogP contribution < -0.4 is 14.8 Å². The lowest BCUT2D eigenvalue weighted by atomic mass is 9.87. The van der Waals surface area contributed by atoms with Gasteiger partial charge in [0.15, 0.2) is 0 Å². The van der Waals surface area contributed by atoms with E-state index in [4.69, 9.17) is 5.14 Å². The van der Waals surface area contributed by atoms with E-state index >= 15 is 0 Å². The maximum absolute atomic E-state index is 11.0. The fourth-order valence-corrected chi connectivity index (χ4v) is 3.51. The molecule has 3 N–H and O–H groups in total. The fourth-order valence-electron chi connectivity index (χ4n) is 3.01. The maximum atomic E-state index is 11.0. The number of aryl methyl sites for hydroxylation is 2. The second-order valence-electron chi connectivity index (χ2n) is 6.69. The van der Waals surface area contributed by atoms with E-state index in [9.17, 15) is 8.42 Å². The smallest absolute Gasteiger partial charge is 0.274 e. The molecule has 7 nitrogen and oxygen atoms in total. The molecule has 1 atom stereocenters. The Morgan fingerprint density at radius 2 is 1.96 bits per heavy atom. The zero-order valence-electron chi connectivity index (χ0n) is 14.2. The molecule has 1 unspecified atom stereocenters. The van der Waals surface area contributed by atoms with Crippen LogP contribution in [0.3, 0.4) is 0 Å². The van der Waals surface area contributed by atoms with Gasteiger partial charge >= 0.3 is 0 Å². The fraction of sp³-hybridized carbons (Fsp3) is 0.500. The Hall–Kier alpha value is -1.77. The molecule has 24 heavy (non-hydrogen) atoms. The molecule has 1 saturated heterocycles. The van der Waals surface area contributed by atoms with Crippen LogP contribution in [0.2, 0.25) is 0 Å². The minimum absolute atomic E-state index is 0.219. The number of nitrogens with zero attached hydrogens (tertiary/aromatic N) is 3. The number of aromatic nitrogens is 2. The first-order valence-corrected chi connectivity index (χ1v) is 9.53.